The predicted molar refractivity (Wildman–Crippen MR) is 245 cm³/mol. The van der Waals surface area contributed by atoms with E-state index in [1.54, 1.807) is 49.7 Å². The highest BCUT2D eigenvalue weighted by atomic mass is 19.1. The maximum Gasteiger partial charge on any atom is 0.354 e. The Labute approximate surface area is 384 Å². The molecule has 0 aliphatic carbocycles. The topological polar surface area (TPSA) is 235 Å². The van der Waals surface area contributed by atoms with Gasteiger partial charge in [-0.25, -0.2) is 33.5 Å². The standard InChI is InChI=1S/C23H24FN5O4.C13H10FNO4.C10H16N4O/c1-31-19-12-22(25)27-13-18(19)28-7-9-29(10-8-28)23(30)17-11-20(32-2)21(14-26-17)33-16-5-3-15(24)4-6-16;1-18-11-6-10(13(16)17)15-7-12(11)19-9-4-2-8(14)3-5-9;1-15-9-6-10(11)13-7-8(9)14-4-2-12-3-5-14/h3-6,11-14H,7-10H2,1-2H3,(H2,25,27);2-7H,1H3,(H,16,17);6-7,12H,2-5H2,1H3,(H2,11,13). The molecule has 2 aliphatic heterocycles. The molecule has 0 saturated carbocycles. The van der Waals surface area contributed by atoms with Crippen molar-refractivity contribution in [2.45, 2.75) is 0 Å². The smallest absolute Gasteiger partial charge is 0.354 e. The highest BCUT2D eigenvalue weighted by Gasteiger charge is 2.26. The van der Waals surface area contributed by atoms with Crippen LogP contribution in [0.15, 0.2) is 97.6 Å². The van der Waals surface area contributed by atoms with Crippen molar-refractivity contribution in [3.63, 3.8) is 0 Å². The highest BCUT2D eigenvalue weighted by Crippen LogP contribution is 2.34. The second-order valence-corrected chi connectivity index (χ2v) is 14.4. The Hall–Kier alpha value is -8.20. The second-order valence-electron chi connectivity index (χ2n) is 14.4. The molecule has 0 bridgehead atoms. The van der Waals surface area contributed by atoms with E-state index < -0.39 is 5.97 Å². The van der Waals surface area contributed by atoms with Gasteiger partial charge < -0.3 is 65.0 Å². The Kier molecular flexibility index (Phi) is 16.7. The SMILES string of the molecule is COc1cc(C(=O)N2CCN(c3cnc(N)cc3OC)CC2)ncc1Oc1ccc(F)cc1.COc1cc(C(=O)O)ncc1Oc1ccc(F)cc1.COc1cc(N)ncc1N1CCNCC1. The summed E-state index contributed by atoms with van der Waals surface area (Å²) in [5.74, 6) is 2.20. The molecule has 0 unspecified atom stereocenters. The molecule has 6 heterocycles. The number of carbonyl (C=O) groups excluding carboxylic acids is 1. The number of nitrogens with one attached hydrogen (secondary N) is 1. The van der Waals surface area contributed by atoms with Crippen LogP contribution in [0.3, 0.4) is 0 Å². The maximum absolute atomic E-state index is 13.1. The molecular weight excluding hydrogens is 875 g/mol. The van der Waals surface area contributed by atoms with Crippen molar-refractivity contribution in [1.29, 1.82) is 0 Å². The molecule has 21 heteroatoms. The van der Waals surface area contributed by atoms with Crippen molar-refractivity contribution < 1.29 is 51.9 Å². The fraction of sp³-hybridized carbons (Fsp3) is 0.261. The van der Waals surface area contributed by atoms with Gasteiger partial charge in [-0.3, -0.25) is 4.79 Å². The molecule has 4 aromatic heterocycles. The first-order chi connectivity index (χ1) is 32.4. The Balaban J connectivity index is 0.000000183. The molecule has 2 aliphatic rings. The number of hydrogen-bond acceptors (Lipinski definition) is 17. The molecule has 1 amide bonds. The number of ether oxygens (including phenoxy) is 6. The van der Waals surface area contributed by atoms with E-state index in [0.717, 1.165) is 43.3 Å². The van der Waals surface area contributed by atoms with Crippen LogP contribution in [0.4, 0.5) is 31.8 Å². The van der Waals surface area contributed by atoms with Gasteiger partial charge in [0.1, 0.15) is 52.0 Å². The van der Waals surface area contributed by atoms with Gasteiger partial charge in [-0.05, 0) is 48.5 Å². The number of hydrogen-bond donors (Lipinski definition) is 4. The molecule has 0 radical (unpaired) electrons. The quantitative estimate of drug-likeness (QED) is 0.114. The zero-order valence-corrected chi connectivity index (χ0v) is 37.1. The molecule has 19 nitrogen and oxygen atoms in total. The predicted octanol–water partition coefficient (Wildman–Crippen LogP) is 5.77. The fourth-order valence-electron chi connectivity index (χ4n) is 6.72. The van der Waals surface area contributed by atoms with E-state index in [9.17, 15) is 18.4 Å². The van der Waals surface area contributed by atoms with E-state index in [-0.39, 0.29) is 40.4 Å². The number of carbonyl (C=O) groups is 2. The highest BCUT2D eigenvalue weighted by molar-refractivity contribution is 5.93. The van der Waals surface area contributed by atoms with Crippen LogP contribution >= 0.6 is 0 Å². The van der Waals surface area contributed by atoms with E-state index in [1.807, 2.05) is 0 Å². The molecule has 6 N–H and O–H groups in total. The minimum absolute atomic E-state index is 0.150. The molecule has 67 heavy (non-hydrogen) atoms. The van der Waals surface area contributed by atoms with Crippen molar-refractivity contribution in [1.82, 2.24) is 30.2 Å². The second kappa shape index (κ2) is 23.1. The Morgan fingerprint density at radius 3 is 1.40 bits per heavy atom. The van der Waals surface area contributed by atoms with Gasteiger partial charge in [0.25, 0.3) is 5.91 Å². The molecule has 0 atom stereocenters. The number of rotatable bonds is 12. The van der Waals surface area contributed by atoms with E-state index in [0.29, 0.717) is 66.6 Å². The van der Waals surface area contributed by atoms with Crippen LogP contribution in [-0.4, -0.2) is 123 Å². The largest absolute Gasteiger partial charge is 0.494 e. The van der Waals surface area contributed by atoms with E-state index in [4.69, 9.17) is 45.0 Å². The number of anilines is 4. The van der Waals surface area contributed by atoms with Crippen molar-refractivity contribution in [3.05, 3.63) is 121 Å². The number of aromatic nitrogens is 4. The lowest BCUT2D eigenvalue weighted by Gasteiger charge is -2.36. The fourth-order valence-corrected chi connectivity index (χ4v) is 6.72. The summed E-state index contributed by atoms with van der Waals surface area (Å²) in [4.78, 5) is 46.1. The number of nitrogen functional groups attached to an aromatic ring is 2. The number of nitrogens with two attached hydrogens (primary N) is 2. The summed E-state index contributed by atoms with van der Waals surface area (Å²) < 4.78 is 58.1. The van der Waals surface area contributed by atoms with Gasteiger partial charge in [0.15, 0.2) is 28.7 Å². The molecule has 8 rings (SSSR count). The minimum atomic E-state index is -1.16. The first-order valence-corrected chi connectivity index (χ1v) is 20.7. The van der Waals surface area contributed by atoms with Crippen LogP contribution in [-0.2, 0) is 0 Å². The van der Waals surface area contributed by atoms with Crippen molar-refractivity contribution in [2.75, 3.05) is 102 Å². The van der Waals surface area contributed by atoms with Gasteiger partial charge in [0, 0.05) is 76.6 Å². The average Bonchev–Trinajstić information content (AvgIpc) is 3.36. The van der Waals surface area contributed by atoms with Crippen LogP contribution in [0.2, 0.25) is 0 Å². The van der Waals surface area contributed by atoms with Gasteiger partial charge in [0.2, 0.25) is 0 Å². The maximum atomic E-state index is 13.1. The lowest BCUT2D eigenvalue weighted by Crippen LogP contribution is -2.49. The van der Waals surface area contributed by atoms with Gasteiger partial charge >= 0.3 is 5.97 Å². The van der Waals surface area contributed by atoms with Crippen LogP contribution in [0.25, 0.3) is 0 Å². The summed E-state index contributed by atoms with van der Waals surface area (Å²) >= 11 is 0. The number of pyridine rings is 4. The molecule has 2 saturated heterocycles. The van der Waals surface area contributed by atoms with Gasteiger partial charge in [-0.2, -0.15) is 0 Å². The molecule has 2 fully saturated rings. The van der Waals surface area contributed by atoms with Gasteiger partial charge in [0.05, 0.1) is 64.6 Å². The number of benzene rings is 2. The molecular formula is C46H50F2N10O9. The lowest BCUT2D eigenvalue weighted by atomic mass is 10.2. The number of piperazine rings is 2. The molecule has 352 valence electrons. The monoisotopic (exact) mass is 924 g/mol. The van der Waals surface area contributed by atoms with Crippen molar-refractivity contribution in [2.24, 2.45) is 0 Å². The van der Waals surface area contributed by atoms with Crippen LogP contribution in [0.1, 0.15) is 21.0 Å². The first kappa shape index (κ1) is 48.3. The summed E-state index contributed by atoms with van der Waals surface area (Å²) in [6.07, 6.45) is 6.12. The summed E-state index contributed by atoms with van der Waals surface area (Å²) in [7, 11) is 6.10. The number of nitrogens with zero attached hydrogens (tertiary/aromatic N) is 7. The Bertz CT molecular complexity index is 2600. The normalized spacial score (nSPS) is 13.2. The van der Waals surface area contributed by atoms with Gasteiger partial charge in [-0.15, -0.1) is 0 Å². The average molecular weight is 925 g/mol. The Morgan fingerprint density at radius 1 is 0.552 bits per heavy atom. The summed E-state index contributed by atoms with van der Waals surface area (Å²) in [5.41, 5.74) is 13.3. The zero-order chi connectivity index (χ0) is 47.9. The summed E-state index contributed by atoms with van der Waals surface area (Å²) in [6.45, 7) is 6.16. The number of halogens is 2. The first-order valence-electron chi connectivity index (χ1n) is 20.7. The van der Waals surface area contributed by atoms with Crippen molar-refractivity contribution in [3.8, 4) is 46.0 Å². The number of carboxylic acids is 1. The van der Waals surface area contributed by atoms with Crippen LogP contribution in [0.5, 0.6) is 46.0 Å². The van der Waals surface area contributed by atoms with Crippen LogP contribution in [0, 0.1) is 11.6 Å². The molecule has 0 spiro atoms. The minimum Gasteiger partial charge on any atom is -0.494 e. The summed E-state index contributed by atoms with van der Waals surface area (Å²) in [5, 5.41) is 12.1. The number of carboxylic acid groups (broad SMARTS) is 1. The number of amides is 1. The van der Waals surface area contributed by atoms with E-state index >= 15 is 0 Å². The number of aromatic carboxylic acids is 1. The number of methoxy groups -OCH3 is 4. The lowest BCUT2D eigenvalue weighted by molar-refractivity contribution is 0.0688. The van der Waals surface area contributed by atoms with E-state index in [2.05, 4.69) is 35.1 Å². The Morgan fingerprint density at radius 2 is 0.970 bits per heavy atom. The third-order valence-electron chi connectivity index (χ3n) is 10.2. The third-order valence-corrected chi connectivity index (χ3v) is 10.2. The molecule has 6 aromatic rings. The van der Waals surface area contributed by atoms with Crippen LogP contribution < -0.4 is 55.0 Å². The van der Waals surface area contributed by atoms with Crippen molar-refractivity contribution >= 4 is 34.9 Å². The summed E-state index contributed by atoms with van der Waals surface area (Å²) in [6, 6.07) is 17.2. The van der Waals surface area contributed by atoms with E-state index in [1.165, 1.54) is 81.2 Å². The molecule has 2 aromatic carbocycles. The van der Waals surface area contributed by atoms with Gasteiger partial charge in [-0.1, -0.05) is 0 Å². The zero-order valence-electron chi connectivity index (χ0n) is 37.1. The third kappa shape index (κ3) is 13.0.